The summed E-state index contributed by atoms with van der Waals surface area (Å²) in [5.41, 5.74) is 0.792. The second-order valence-corrected chi connectivity index (χ2v) is 6.42. The van der Waals surface area contributed by atoms with E-state index in [1.807, 2.05) is 30.3 Å². The number of amides is 1. The summed E-state index contributed by atoms with van der Waals surface area (Å²) >= 11 is 8.16. The van der Waals surface area contributed by atoms with Gasteiger partial charge >= 0.3 is 5.97 Å². The molecule has 2 rings (SSSR count). The van der Waals surface area contributed by atoms with Gasteiger partial charge in [-0.25, -0.2) is 4.79 Å². The molecule has 5 nitrogen and oxygen atoms in total. The van der Waals surface area contributed by atoms with Crippen molar-refractivity contribution in [3.05, 3.63) is 62.7 Å². The monoisotopic (exact) mass is 459 g/mol. The van der Waals surface area contributed by atoms with Gasteiger partial charge in [-0.05, 0) is 58.5 Å². The van der Waals surface area contributed by atoms with Crippen LogP contribution < -0.4 is 10.1 Å². The van der Waals surface area contributed by atoms with Crippen molar-refractivity contribution in [3.8, 4) is 5.75 Å². The molecular weight excluding hydrogens is 445 g/mol. The van der Waals surface area contributed by atoms with Crippen LogP contribution in [0.4, 0.5) is 0 Å². The summed E-state index contributed by atoms with van der Waals surface area (Å²) in [5.74, 6) is -0.450. The molecule has 0 aromatic heterocycles. The third-order valence-corrected chi connectivity index (χ3v) is 4.06. The first-order chi connectivity index (χ1) is 11.5. The van der Waals surface area contributed by atoms with E-state index in [2.05, 4.69) is 27.9 Å². The van der Waals surface area contributed by atoms with Crippen LogP contribution in [0.5, 0.6) is 5.75 Å². The molecular formula is C17H15ClINO4. The third kappa shape index (κ3) is 6.37. The maximum absolute atomic E-state index is 11.7. The quantitative estimate of drug-likeness (QED) is 0.510. The first kappa shape index (κ1) is 18.5. The molecule has 1 N–H and O–H groups in total. The Bertz CT molecular complexity index is 706. The molecule has 0 spiro atoms. The summed E-state index contributed by atoms with van der Waals surface area (Å²) in [6.07, 6.45) is 0. The molecule has 0 atom stereocenters. The number of hydrogen-bond donors (Lipinski definition) is 1. The van der Waals surface area contributed by atoms with E-state index in [-0.39, 0.29) is 19.8 Å². The van der Waals surface area contributed by atoms with Gasteiger partial charge in [0.25, 0.3) is 5.91 Å². The Hall–Kier alpha value is -1.80. The van der Waals surface area contributed by atoms with Gasteiger partial charge in [-0.3, -0.25) is 4.79 Å². The Morgan fingerprint density at radius 1 is 1.04 bits per heavy atom. The van der Waals surface area contributed by atoms with Crippen LogP contribution in [0.3, 0.4) is 0 Å². The minimum absolute atomic E-state index is 0.252. The minimum Gasteiger partial charge on any atom is -0.482 e. The number of carbonyl (C=O) groups is 2. The second kappa shape index (κ2) is 9.48. The molecule has 0 heterocycles. The van der Waals surface area contributed by atoms with Gasteiger partial charge < -0.3 is 14.8 Å². The molecule has 0 saturated heterocycles. The highest BCUT2D eigenvalue weighted by Crippen LogP contribution is 2.14. The number of esters is 1. The summed E-state index contributed by atoms with van der Waals surface area (Å²) in [5, 5.41) is 3.20. The molecule has 0 aliphatic rings. The Morgan fingerprint density at radius 2 is 1.75 bits per heavy atom. The first-order valence-corrected chi connectivity index (χ1v) is 8.54. The Labute approximate surface area is 158 Å². The van der Waals surface area contributed by atoms with Crippen molar-refractivity contribution in [1.29, 1.82) is 0 Å². The van der Waals surface area contributed by atoms with Crippen LogP contribution in [-0.2, 0) is 20.9 Å². The smallest absolute Gasteiger partial charge is 0.344 e. The lowest BCUT2D eigenvalue weighted by atomic mass is 10.2. The highest BCUT2D eigenvalue weighted by Gasteiger charge is 2.09. The van der Waals surface area contributed by atoms with Gasteiger partial charge in [0.05, 0.1) is 0 Å². The predicted molar refractivity (Wildman–Crippen MR) is 98.9 cm³/mol. The van der Waals surface area contributed by atoms with E-state index in [4.69, 9.17) is 21.1 Å². The largest absolute Gasteiger partial charge is 0.482 e. The molecule has 126 valence electrons. The lowest BCUT2D eigenvalue weighted by Crippen LogP contribution is -2.29. The van der Waals surface area contributed by atoms with Crippen LogP contribution in [-0.4, -0.2) is 25.1 Å². The first-order valence-electron chi connectivity index (χ1n) is 7.08. The number of carbonyl (C=O) groups excluding carboxylic acids is 2. The molecule has 2 aromatic carbocycles. The summed E-state index contributed by atoms with van der Waals surface area (Å²) in [4.78, 5) is 23.2. The van der Waals surface area contributed by atoms with Gasteiger partial charge in [0.15, 0.2) is 13.2 Å². The summed E-state index contributed by atoms with van der Waals surface area (Å²) in [6.45, 7) is -0.340. The molecule has 0 bridgehead atoms. The van der Waals surface area contributed by atoms with Gasteiger partial charge in [-0.1, -0.05) is 29.8 Å². The molecule has 0 radical (unpaired) electrons. The maximum Gasteiger partial charge on any atom is 0.344 e. The second-order valence-electron chi connectivity index (χ2n) is 4.77. The average Bonchev–Trinajstić information content (AvgIpc) is 2.58. The van der Waals surface area contributed by atoms with Gasteiger partial charge in [0.2, 0.25) is 0 Å². The number of rotatable bonds is 7. The van der Waals surface area contributed by atoms with Crippen LogP contribution in [0.15, 0.2) is 48.5 Å². The summed E-state index contributed by atoms with van der Waals surface area (Å²) < 4.78 is 11.2. The molecule has 0 fully saturated rings. The highest BCUT2D eigenvalue weighted by molar-refractivity contribution is 14.1. The van der Waals surface area contributed by atoms with Crippen molar-refractivity contribution in [2.24, 2.45) is 0 Å². The maximum atomic E-state index is 11.7. The number of halogens is 2. The van der Waals surface area contributed by atoms with E-state index in [1.54, 1.807) is 18.2 Å². The van der Waals surface area contributed by atoms with E-state index in [1.165, 1.54) is 0 Å². The molecule has 0 saturated carbocycles. The van der Waals surface area contributed by atoms with E-state index in [9.17, 15) is 9.59 Å². The fraction of sp³-hybridized carbons (Fsp3) is 0.176. The fourth-order valence-electron chi connectivity index (χ4n) is 1.75. The van der Waals surface area contributed by atoms with Gasteiger partial charge in [-0.2, -0.15) is 0 Å². The van der Waals surface area contributed by atoms with E-state index < -0.39 is 11.9 Å². The van der Waals surface area contributed by atoms with Crippen LogP contribution >= 0.6 is 34.2 Å². The van der Waals surface area contributed by atoms with Crippen molar-refractivity contribution < 1.29 is 19.1 Å². The minimum atomic E-state index is -0.610. The zero-order valence-corrected chi connectivity index (χ0v) is 15.5. The van der Waals surface area contributed by atoms with E-state index in [0.717, 1.165) is 9.13 Å². The molecule has 0 aliphatic heterocycles. The molecule has 1 amide bonds. The number of ether oxygens (including phenoxy) is 2. The summed E-state index contributed by atoms with van der Waals surface area (Å²) in [7, 11) is 0. The topological polar surface area (TPSA) is 64.6 Å². The lowest BCUT2D eigenvalue weighted by Gasteiger charge is -2.08. The van der Waals surface area contributed by atoms with Crippen molar-refractivity contribution in [2.75, 3.05) is 13.2 Å². The average molecular weight is 460 g/mol. The van der Waals surface area contributed by atoms with Gasteiger partial charge in [0, 0.05) is 15.1 Å². The van der Waals surface area contributed by atoms with Crippen molar-refractivity contribution in [1.82, 2.24) is 5.32 Å². The Balaban J connectivity index is 1.66. The zero-order valence-electron chi connectivity index (χ0n) is 12.6. The van der Waals surface area contributed by atoms with Gasteiger partial charge in [-0.15, -0.1) is 0 Å². The number of benzene rings is 2. The van der Waals surface area contributed by atoms with Crippen LogP contribution in [0.25, 0.3) is 0 Å². The van der Waals surface area contributed by atoms with Crippen LogP contribution in [0.2, 0.25) is 5.02 Å². The summed E-state index contributed by atoms with van der Waals surface area (Å²) in [6, 6.07) is 14.4. The molecule has 7 heteroatoms. The Kier molecular flexibility index (Phi) is 7.33. The zero-order chi connectivity index (χ0) is 17.4. The third-order valence-electron chi connectivity index (χ3n) is 2.97. The lowest BCUT2D eigenvalue weighted by molar-refractivity contribution is -0.150. The highest BCUT2D eigenvalue weighted by atomic mass is 127. The normalized spacial score (nSPS) is 10.1. The SMILES string of the molecule is O=C(COC(=O)COc1ccc(I)cc1)NCc1ccccc1Cl. The van der Waals surface area contributed by atoms with Crippen LogP contribution in [0, 0.1) is 3.57 Å². The molecule has 24 heavy (non-hydrogen) atoms. The van der Waals surface area contributed by atoms with Crippen molar-refractivity contribution in [3.63, 3.8) is 0 Å². The number of nitrogens with one attached hydrogen (secondary N) is 1. The van der Waals surface area contributed by atoms with E-state index in [0.29, 0.717) is 10.8 Å². The van der Waals surface area contributed by atoms with Crippen LogP contribution in [0.1, 0.15) is 5.56 Å². The Morgan fingerprint density at radius 3 is 2.46 bits per heavy atom. The standard InChI is InChI=1S/C17H15ClINO4/c18-15-4-2-1-3-12(15)9-20-16(21)10-24-17(22)11-23-14-7-5-13(19)6-8-14/h1-8H,9-11H2,(H,20,21). The van der Waals surface area contributed by atoms with Gasteiger partial charge in [0.1, 0.15) is 5.75 Å². The molecule has 0 aliphatic carbocycles. The predicted octanol–water partition coefficient (Wildman–Crippen LogP) is 3.18. The molecule has 0 unspecified atom stereocenters. The van der Waals surface area contributed by atoms with E-state index >= 15 is 0 Å². The van der Waals surface area contributed by atoms with Crippen molar-refractivity contribution >= 4 is 46.1 Å². The molecule has 2 aromatic rings. The fourth-order valence-corrected chi connectivity index (χ4v) is 2.31. The number of hydrogen-bond acceptors (Lipinski definition) is 4. The van der Waals surface area contributed by atoms with Crippen molar-refractivity contribution in [2.45, 2.75) is 6.54 Å².